The fourth-order valence-electron chi connectivity index (χ4n) is 10.9. The molecule has 0 radical (unpaired) electrons. The molecule has 2 amide bonds. The molecule has 2 aliphatic heterocycles. The fourth-order valence-corrected chi connectivity index (χ4v) is 10.9. The number of aromatic hydroxyl groups is 2. The van der Waals surface area contributed by atoms with Crippen LogP contribution in [0.4, 0.5) is 26.2 Å². The van der Waals surface area contributed by atoms with Crippen molar-refractivity contribution in [3.05, 3.63) is 113 Å². The summed E-state index contributed by atoms with van der Waals surface area (Å²) in [6, 6.07) is 15.3. The summed E-state index contributed by atoms with van der Waals surface area (Å²) in [7, 11) is 0. The minimum Gasteiger partial charge on any atom is -0.508 e. The molecule has 19 nitrogen and oxygen atoms in total. The summed E-state index contributed by atoms with van der Waals surface area (Å²) < 4.78 is 33.8. The zero-order valence-corrected chi connectivity index (χ0v) is 48.0. The van der Waals surface area contributed by atoms with Gasteiger partial charge in [-0.25, -0.2) is 33.6 Å². The highest BCUT2D eigenvalue weighted by Crippen LogP contribution is 2.36. The van der Waals surface area contributed by atoms with Gasteiger partial charge < -0.3 is 30.1 Å². The number of nitrogens with zero attached hydrogens (tertiary/aromatic N) is 10. The highest BCUT2D eigenvalue weighted by Gasteiger charge is 2.35. The number of piperazine rings is 1. The first kappa shape index (κ1) is 59.8. The summed E-state index contributed by atoms with van der Waals surface area (Å²) >= 11 is 0. The number of hydrogen-bond acceptors (Lipinski definition) is 15. The average molecular weight is 1110 g/mol. The van der Waals surface area contributed by atoms with E-state index in [2.05, 4.69) is 47.2 Å². The minimum atomic E-state index is -1.09. The lowest BCUT2D eigenvalue weighted by molar-refractivity contribution is -0.122. The number of phenols is 2. The SMILES string of the molecule is CCNC(=O)C(=N)N(C(=N)c1cc(C(C)C)c(O)cc1O)c1ccc(CN2CCC(C(O)N[C@H](CC(C)C)C(=O)N(c3ccc(CN4CCN(CC)CC4)cn3)c3ncc(F)c(-c4cc(F)c5nc(C)n(C(C)C)c5c4)n3)CC2)cc1. The van der Waals surface area contributed by atoms with Crippen LogP contribution in [0.3, 0.4) is 0 Å². The third kappa shape index (κ3) is 13.7. The van der Waals surface area contributed by atoms with Gasteiger partial charge in [-0.3, -0.25) is 40.4 Å². The smallest absolute Gasteiger partial charge is 0.287 e. The fraction of sp³-hybridized carbons (Fsp3) is 0.467. The van der Waals surface area contributed by atoms with E-state index in [1.54, 1.807) is 44.3 Å². The molecule has 5 heterocycles. The van der Waals surface area contributed by atoms with Crippen LogP contribution in [-0.4, -0.2) is 143 Å². The van der Waals surface area contributed by atoms with Crippen LogP contribution >= 0.6 is 0 Å². The molecule has 0 aliphatic carbocycles. The number of hydrogen-bond donors (Lipinski definition) is 7. The number of imidazole rings is 1. The second-order valence-corrected chi connectivity index (χ2v) is 22.3. The number of carbonyl (C=O) groups excluding carboxylic acids is 2. The molecule has 8 rings (SSSR count). The Bertz CT molecular complexity index is 3210. The Morgan fingerprint density at radius 2 is 1.44 bits per heavy atom. The van der Waals surface area contributed by atoms with Gasteiger partial charge in [0.25, 0.3) is 11.8 Å². The lowest BCUT2D eigenvalue weighted by Gasteiger charge is -2.36. The van der Waals surface area contributed by atoms with E-state index in [0.717, 1.165) is 54.9 Å². The molecule has 2 aliphatic rings. The van der Waals surface area contributed by atoms with Crippen molar-refractivity contribution >= 4 is 52.0 Å². The van der Waals surface area contributed by atoms with E-state index >= 15 is 13.6 Å². The standard InChI is InChI=1S/C60H78F2N14O5/c1-10-65-58(80)56(64)75(55(63)45-29-44(36(5)6)50(77)30-51(45)78)43-15-12-39(13-16-43)33-72-20-18-41(19-21-72)57(79)69-48(26-35(3)4)59(81)76(52-17-14-40(31-66-52)34-73-24-22-71(11-2)23-25-73)60-67-32-47(62)53(70-60)42-27-46(61)54-49(28-42)74(37(7)8)38(9)68-54/h12-17,27-32,35-37,41,48,57,63-64,69,77-79H,10-11,18-26,33-34H2,1-9H3,(H,65,80)/t48-,57?/m1/s1. The molecular formula is C60H78F2N14O5. The zero-order valence-electron chi connectivity index (χ0n) is 48.0. The number of nitrogens with one attached hydrogen (secondary N) is 4. The molecule has 1 unspecified atom stereocenters. The summed E-state index contributed by atoms with van der Waals surface area (Å²) in [5, 5.41) is 57.2. The van der Waals surface area contributed by atoms with Gasteiger partial charge in [0.1, 0.15) is 46.4 Å². The van der Waals surface area contributed by atoms with Gasteiger partial charge in [-0.15, -0.1) is 0 Å². The number of pyridine rings is 1. The van der Waals surface area contributed by atoms with Gasteiger partial charge in [0.05, 0.1) is 23.3 Å². The number of amidine groups is 2. The maximum absolute atomic E-state index is 16.1. The third-order valence-electron chi connectivity index (χ3n) is 15.3. The number of fused-ring (bicyclic) bond motifs is 1. The predicted octanol–water partition coefficient (Wildman–Crippen LogP) is 8.57. The molecule has 21 heteroatoms. The number of aromatic nitrogens is 5. The molecule has 0 spiro atoms. The van der Waals surface area contributed by atoms with E-state index in [1.165, 1.54) is 23.1 Å². The Kier molecular flexibility index (Phi) is 19.3. The van der Waals surface area contributed by atoms with E-state index in [9.17, 15) is 20.1 Å². The number of aryl methyl sites for hydroxylation is 1. The first-order chi connectivity index (χ1) is 38.6. The van der Waals surface area contributed by atoms with E-state index in [4.69, 9.17) is 15.8 Å². The molecule has 2 atom stereocenters. The number of phenolic OH excluding ortho intramolecular Hbond substituents is 2. The quantitative estimate of drug-likeness (QED) is 0.0229. The molecule has 2 fully saturated rings. The average Bonchev–Trinajstić information content (AvgIpc) is 4.08. The predicted molar refractivity (Wildman–Crippen MR) is 311 cm³/mol. The van der Waals surface area contributed by atoms with Crippen molar-refractivity contribution in [3.8, 4) is 22.8 Å². The zero-order chi connectivity index (χ0) is 58.4. The Labute approximate surface area is 473 Å². The monoisotopic (exact) mass is 1110 g/mol. The Balaban J connectivity index is 1.01. The molecule has 2 saturated heterocycles. The molecule has 7 N–H and O–H groups in total. The topological polar surface area (TPSA) is 239 Å². The first-order valence-electron chi connectivity index (χ1n) is 28.2. The molecule has 0 saturated carbocycles. The summed E-state index contributed by atoms with van der Waals surface area (Å²) in [4.78, 5) is 56.1. The van der Waals surface area contributed by atoms with Gasteiger partial charge in [-0.05, 0) is 132 Å². The van der Waals surface area contributed by atoms with Gasteiger partial charge >= 0.3 is 0 Å². The van der Waals surface area contributed by atoms with Crippen LogP contribution in [0.25, 0.3) is 22.3 Å². The summed E-state index contributed by atoms with van der Waals surface area (Å²) in [5.41, 5.74) is 3.33. The number of amides is 2. The third-order valence-corrected chi connectivity index (χ3v) is 15.3. The number of rotatable bonds is 19. The van der Waals surface area contributed by atoms with Crippen molar-refractivity contribution < 1.29 is 33.7 Å². The Morgan fingerprint density at radius 3 is 2.06 bits per heavy atom. The second kappa shape index (κ2) is 26.1. The normalized spacial score (nSPS) is 15.6. The van der Waals surface area contributed by atoms with Crippen LogP contribution in [0.2, 0.25) is 0 Å². The summed E-state index contributed by atoms with van der Waals surface area (Å²) in [6.45, 7) is 24.8. The second-order valence-electron chi connectivity index (χ2n) is 22.3. The molecule has 0 bridgehead atoms. The van der Waals surface area contributed by atoms with Crippen molar-refractivity contribution in [3.63, 3.8) is 0 Å². The molecule has 3 aromatic carbocycles. The van der Waals surface area contributed by atoms with Crippen molar-refractivity contribution in [2.75, 3.05) is 62.2 Å². The highest BCUT2D eigenvalue weighted by molar-refractivity contribution is 6.48. The van der Waals surface area contributed by atoms with Crippen molar-refractivity contribution in [2.45, 2.75) is 119 Å². The molecule has 81 heavy (non-hydrogen) atoms. The van der Waals surface area contributed by atoms with Gasteiger partial charge in [0.15, 0.2) is 17.5 Å². The number of aliphatic hydroxyl groups excluding tert-OH is 1. The maximum atomic E-state index is 16.1. The molecular weight excluding hydrogens is 1030 g/mol. The van der Waals surface area contributed by atoms with E-state index in [1.807, 2.05) is 64.3 Å². The number of likely N-dealkylation sites (tertiary alicyclic amines) is 1. The van der Waals surface area contributed by atoms with Gasteiger partial charge in [-0.2, -0.15) is 0 Å². The van der Waals surface area contributed by atoms with Gasteiger partial charge in [-0.1, -0.05) is 52.8 Å². The Morgan fingerprint density at radius 1 is 0.790 bits per heavy atom. The van der Waals surface area contributed by atoms with Crippen LogP contribution in [0.1, 0.15) is 115 Å². The maximum Gasteiger partial charge on any atom is 0.287 e. The van der Waals surface area contributed by atoms with E-state index in [-0.39, 0.29) is 81.8 Å². The minimum absolute atomic E-state index is 0.0135. The van der Waals surface area contributed by atoms with E-state index in [0.29, 0.717) is 68.0 Å². The molecule has 3 aromatic heterocycles. The number of piperidine rings is 1. The number of anilines is 3. The lowest BCUT2D eigenvalue weighted by Crippen LogP contribution is -2.53. The van der Waals surface area contributed by atoms with Crippen LogP contribution in [-0.2, 0) is 22.7 Å². The van der Waals surface area contributed by atoms with Crippen molar-refractivity contribution in [1.82, 2.24) is 49.8 Å². The summed E-state index contributed by atoms with van der Waals surface area (Å²) in [5.74, 6) is -3.75. The first-order valence-corrected chi connectivity index (χ1v) is 28.2. The Hall–Kier alpha value is -7.30. The van der Waals surface area contributed by atoms with Crippen LogP contribution < -0.4 is 20.4 Å². The number of carbonyl (C=O) groups is 2. The number of aliphatic hydroxyl groups is 1. The molecule has 6 aromatic rings. The van der Waals surface area contributed by atoms with Crippen LogP contribution in [0, 0.1) is 41.2 Å². The number of benzene rings is 3. The van der Waals surface area contributed by atoms with Crippen molar-refractivity contribution in [2.24, 2.45) is 11.8 Å². The van der Waals surface area contributed by atoms with Crippen LogP contribution in [0.5, 0.6) is 11.5 Å². The van der Waals surface area contributed by atoms with Gasteiger partial charge in [0.2, 0.25) is 5.95 Å². The van der Waals surface area contributed by atoms with Gasteiger partial charge in [0, 0.05) is 81.3 Å². The lowest BCUT2D eigenvalue weighted by atomic mass is 9.93. The summed E-state index contributed by atoms with van der Waals surface area (Å²) in [6.07, 6.45) is 3.11. The highest BCUT2D eigenvalue weighted by atomic mass is 19.1. The number of halogens is 2. The molecule has 432 valence electrons. The van der Waals surface area contributed by atoms with Crippen LogP contribution in [0.15, 0.2) is 73.1 Å². The number of likely N-dealkylation sites (N-methyl/N-ethyl adjacent to an activating group) is 2. The largest absolute Gasteiger partial charge is 0.508 e. The van der Waals surface area contributed by atoms with E-state index < -0.39 is 41.6 Å². The van der Waals surface area contributed by atoms with Crippen molar-refractivity contribution in [1.29, 1.82) is 10.8 Å².